The van der Waals surface area contributed by atoms with Crippen LogP contribution in [-0.4, -0.2) is 60.0 Å². The molecule has 1 N–H and O–H groups in total. The molecule has 27 heavy (non-hydrogen) atoms. The first kappa shape index (κ1) is 19.6. The van der Waals surface area contributed by atoms with Gasteiger partial charge in [0.1, 0.15) is 5.82 Å². The van der Waals surface area contributed by atoms with Gasteiger partial charge in [-0.15, -0.1) is 0 Å². The Bertz CT molecular complexity index is 763. The third-order valence-corrected chi connectivity index (χ3v) is 5.83. The summed E-state index contributed by atoms with van der Waals surface area (Å²) in [5, 5.41) is 4.60. The van der Waals surface area contributed by atoms with Crippen LogP contribution in [0.2, 0.25) is 0 Å². The summed E-state index contributed by atoms with van der Waals surface area (Å²) >= 11 is 1.51. The lowest BCUT2D eigenvalue weighted by atomic mass is 9.99. The Labute approximate surface area is 166 Å². The zero-order chi connectivity index (χ0) is 19.2. The Kier molecular flexibility index (Phi) is 6.66. The number of aromatic nitrogens is 2. The molecule has 0 spiro atoms. The topological polar surface area (TPSA) is 56.7 Å². The molecular weight excluding hydrogens is 356 g/mol. The molecule has 1 aliphatic rings. The molecular formula is C20H30N6S. The zero-order valence-corrected chi connectivity index (χ0v) is 17.6. The predicted molar refractivity (Wildman–Crippen MR) is 114 cm³/mol. The molecule has 0 radical (unpaired) electrons. The Morgan fingerprint density at radius 2 is 2.07 bits per heavy atom. The first-order chi connectivity index (χ1) is 13.1. The van der Waals surface area contributed by atoms with E-state index in [-0.39, 0.29) is 0 Å². The molecule has 1 fully saturated rings. The molecule has 0 bridgehead atoms. The predicted octanol–water partition coefficient (Wildman–Crippen LogP) is 2.91. The average molecular weight is 387 g/mol. The van der Waals surface area contributed by atoms with E-state index in [0.717, 1.165) is 56.1 Å². The van der Waals surface area contributed by atoms with E-state index in [1.54, 1.807) is 0 Å². The van der Waals surface area contributed by atoms with E-state index in [1.807, 2.05) is 7.05 Å². The van der Waals surface area contributed by atoms with E-state index < -0.39 is 0 Å². The van der Waals surface area contributed by atoms with Gasteiger partial charge in [-0.25, -0.2) is 4.98 Å². The van der Waals surface area contributed by atoms with Crippen LogP contribution in [0.25, 0.3) is 0 Å². The molecule has 0 aliphatic carbocycles. The van der Waals surface area contributed by atoms with Crippen molar-refractivity contribution in [2.24, 2.45) is 4.99 Å². The lowest BCUT2D eigenvalue weighted by Gasteiger charge is -2.36. The van der Waals surface area contributed by atoms with Gasteiger partial charge < -0.3 is 15.1 Å². The number of rotatable bonds is 5. The van der Waals surface area contributed by atoms with E-state index in [4.69, 9.17) is 0 Å². The van der Waals surface area contributed by atoms with Crippen molar-refractivity contribution in [2.75, 3.05) is 44.7 Å². The maximum atomic E-state index is 4.61. The van der Waals surface area contributed by atoms with E-state index in [0.29, 0.717) is 5.92 Å². The monoisotopic (exact) mass is 386 g/mol. The van der Waals surface area contributed by atoms with Crippen LogP contribution >= 0.6 is 11.5 Å². The number of piperazine rings is 1. The van der Waals surface area contributed by atoms with Gasteiger partial charge >= 0.3 is 0 Å². The molecule has 146 valence electrons. The van der Waals surface area contributed by atoms with Crippen molar-refractivity contribution < 1.29 is 0 Å². The highest BCUT2D eigenvalue weighted by Crippen LogP contribution is 2.19. The summed E-state index contributed by atoms with van der Waals surface area (Å²) in [6.45, 7) is 11.2. The van der Waals surface area contributed by atoms with Crippen LogP contribution in [0.1, 0.15) is 36.7 Å². The van der Waals surface area contributed by atoms with Crippen LogP contribution in [0.3, 0.4) is 0 Å². The molecule has 3 rings (SSSR count). The van der Waals surface area contributed by atoms with Crippen molar-refractivity contribution in [1.82, 2.24) is 19.6 Å². The third kappa shape index (κ3) is 4.97. The third-order valence-electron chi connectivity index (χ3n) is 5.01. The molecule has 6 nitrogen and oxygen atoms in total. The van der Waals surface area contributed by atoms with Gasteiger partial charge in [0.05, 0.1) is 0 Å². The number of benzene rings is 1. The summed E-state index contributed by atoms with van der Waals surface area (Å²) in [5.74, 6) is 2.37. The first-order valence-corrected chi connectivity index (χ1v) is 10.5. The van der Waals surface area contributed by atoms with Crippen molar-refractivity contribution in [3.63, 3.8) is 0 Å². The Hall–Kier alpha value is -2.15. The highest BCUT2D eigenvalue weighted by atomic mass is 32.1. The lowest BCUT2D eigenvalue weighted by molar-refractivity contribution is 0.371. The second-order valence-corrected chi connectivity index (χ2v) is 7.79. The molecule has 7 heteroatoms. The van der Waals surface area contributed by atoms with Crippen molar-refractivity contribution in [2.45, 2.75) is 33.1 Å². The number of nitrogens with zero attached hydrogens (tertiary/aromatic N) is 5. The van der Waals surface area contributed by atoms with Crippen LogP contribution in [0.15, 0.2) is 29.3 Å². The fraction of sp³-hybridized carbons (Fsp3) is 0.550. The second kappa shape index (κ2) is 9.17. The highest BCUT2D eigenvalue weighted by molar-refractivity contribution is 7.09. The maximum absolute atomic E-state index is 4.61. The van der Waals surface area contributed by atoms with Crippen molar-refractivity contribution in [3.8, 4) is 0 Å². The highest BCUT2D eigenvalue weighted by Gasteiger charge is 2.22. The molecule has 0 saturated carbocycles. The van der Waals surface area contributed by atoms with Gasteiger partial charge in [0.25, 0.3) is 0 Å². The molecule has 1 aromatic carbocycles. The normalized spacial score (nSPS) is 16.5. The van der Waals surface area contributed by atoms with Crippen LogP contribution in [0, 0.1) is 6.92 Å². The summed E-state index contributed by atoms with van der Waals surface area (Å²) in [4.78, 5) is 13.8. The fourth-order valence-corrected chi connectivity index (χ4v) is 4.10. The number of hydrogen-bond acceptors (Lipinski definition) is 5. The second-order valence-electron chi connectivity index (χ2n) is 7.06. The van der Waals surface area contributed by atoms with Gasteiger partial charge in [-0.3, -0.25) is 4.99 Å². The number of guanidine groups is 1. The summed E-state index contributed by atoms with van der Waals surface area (Å²) in [6.07, 6.45) is 0.895. The van der Waals surface area contributed by atoms with Gasteiger partial charge in [-0.1, -0.05) is 43.7 Å². The van der Waals surface area contributed by atoms with E-state index in [2.05, 4.69) is 74.5 Å². The molecule has 1 unspecified atom stereocenters. The van der Waals surface area contributed by atoms with Crippen molar-refractivity contribution in [3.05, 3.63) is 41.2 Å². The SMILES string of the molecule is CCc1nsc(N2CCN(C(=NC)NCC(C)c3cccc(C)c3)CC2)n1. The largest absolute Gasteiger partial charge is 0.356 e. The van der Waals surface area contributed by atoms with E-state index in [1.165, 1.54) is 22.7 Å². The molecule has 2 aromatic rings. The zero-order valence-electron chi connectivity index (χ0n) is 16.8. The minimum absolute atomic E-state index is 0.441. The number of aliphatic imine (C=N–C) groups is 1. The van der Waals surface area contributed by atoms with Crippen molar-refractivity contribution in [1.29, 1.82) is 0 Å². The molecule has 2 heterocycles. The maximum Gasteiger partial charge on any atom is 0.205 e. The van der Waals surface area contributed by atoms with Crippen molar-refractivity contribution >= 4 is 22.6 Å². The quantitative estimate of drug-likeness (QED) is 0.632. The van der Waals surface area contributed by atoms with E-state index in [9.17, 15) is 0 Å². The summed E-state index contributed by atoms with van der Waals surface area (Å²) < 4.78 is 4.40. The fourth-order valence-electron chi connectivity index (χ4n) is 3.30. The first-order valence-electron chi connectivity index (χ1n) is 9.70. The van der Waals surface area contributed by atoms with Crippen LogP contribution in [0.4, 0.5) is 5.13 Å². The molecule has 1 aliphatic heterocycles. The average Bonchev–Trinajstić information content (AvgIpc) is 3.18. The summed E-state index contributed by atoms with van der Waals surface area (Å²) in [5.41, 5.74) is 2.67. The molecule has 1 atom stereocenters. The van der Waals surface area contributed by atoms with Crippen LogP contribution in [0.5, 0.6) is 0 Å². The Balaban J connectivity index is 1.51. The summed E-state index contributed by atoms with van der Waals surface area (Å²) in [6, 6.07) is 8.74. The van der Waals surface area contributed by atoms with E-state index >= 15 is 0 Å². The van der Waals surface area contributed by atoms with Crippen LogP contribution < -0.4 is 10.2 Å². The Morgan fingerprint density at radius 3 is 2.70 bits per heavy atom. The van der Waals surface area contributed by atoms with Gasteiger partial charge in [0, 0.05) is 57.7 Å². The standard InChI is InChI=1S/C20H30N6S/c1-5-18-23-20(27-24-18)26-11-9-25(10-12-26)19(21-4)22-14-16(3)17-8-6-7-15(2)13-17/h6-8,13,16H,5,9-12,14H2,1-4H3,(H,21,22). The van der Waals surface area contributed by atoms with Gasteiger partial charge in [-0.05, 0) is 18.4 Å². The molecule has 1 saturated heterocycles. The Morgan fingerprint density at radius 1 is 1.30 bits per heavy atom. The number of anilines is 1. The summed E-state index contributed by atoms with van der Waals surface area (Å²) in [7, 11) is 1.87. The number of nitrogens with one attached hydrogen (secondary N) is 1. The minimum atomic E-state index is 0.441. The van der Waals surface area contributed by atoms with Gasteiger partial charge in [-0.2, -0.15) is 4.37 Å². The molecule has 1 aromatic heterocycles. The smallest absolute Gasteiger partial charge is 0.205 e. The lowest BCUT2D eigenvalue weighted by Crippen LogP contribution is -2.53. The molecule has 0 amide bonds. The number of hydrogen-bond donors (Lipinski definition) is 1. The van der Waals surface area contributed by atoms with Crippen LogP contribution in [-0.2, 0) is 6.42 Å². The minimum Gasteiger partial charge on any atom is -0.356 e. The van der Waals surface area contributed by atoms with Gasteiger partial charge in [0.2, 0.25) is 5.13 Å². The number of aryl methyl sites for hydroxylation is 2. The van der Waals surface area contributed by atoms with Gasteiger partial charge in [0.15, 0.2) is 5.96 Å².